The van der Waals surface area contributed by atoms with Crippen LogP contribution in [0.1, 0.15) is 18.5 Å². The predicted octanol–water partition coefficient (Wildman–Crippen LogP) is 3.14. The topological polar surface area (TPSA) is 80.9 Å². The van der Waals surface area contributed by atoms with Crippen LogP contribution in [-0.2, 0) is 4.79 Å². The van der Waals surface area contributed by atoms with Gasteiger partial charge in [-0.3, -0.25) is 4.79 Å². The molecule has 0 aliphatic carbocycles. The summed E-state index contributed by atoms with van der Waals surface area (Å²) < 4.78 is 16.1. The number of ether oxygens (including phenoxy) is 3. The summed E-state index contributed by atoms with van der Waals surface area (Å²) in [6, 6.07) is 12.1. The molecule has 0 fully saturated rings. The Labute approximate surface area is 175 Å². The minimum absolute atomic E-state index is 0.270. The predicted molar refractivity (Wildman–Crippen MR) is 115 cm³/mol. The molecule has 0 radical (unpaired) electrons. The summed E-state index contributed by atoms with van der Waals surface area (Å²) in [7, 11) is 4.75. The maximum Gasteiger partial charge on any atom is 0.255 e. The highest BCUT2D eigenvalue weighted by atomic mass is 32.1. The molecule has 0 saturated carbocycles. The summed E-state index contributed by atoms with van der Waals surface area (Å²) in [5.74, 6) is 1.65. The number of carbonyl (C=O) groups excluding carboxylic acids is 1. The highest BCUT2D eigenvalue weighted by Gasteiger charge is 2.32. The molecule has 3 N–H and O–H groups in total. The highest BCUT2D eigenvalue weighted by molar-refractivity contribution is 7.80. The molecule has 1 aliphatic rings. The van der Waals surface area contributed by atoms with Gasteiger partial charge in [0.2, 0.25) is 0 Å². The highest BCUT2D eigenvalue weighted by Crippen LogP contribution is 2.36. The summed E-state index contributed by atoms with van der Waals surface area (Å²) in [6.45, 7) is 1.81. The van der Waals surface area contributed by atoms with Crippen molar-refractivity contribution in [2.45, 2.75) is 13.0 Å². The van der Waals surface area contributed by atoms with Gasteiger partial charge in [-0.2, -0.15) is 0 Å². The Morgan fingerprint density at radius 1 is 1.03 bits per heavy atom. The van der Waals surface area contributed by atoms with Gasteiger partial charge >= 0.3 is 0 Å². The monoisotopic (exact) mass is 413 g/mol. The molecule has 8 heteroatoms. The van der Waals surface area contributed by atoms with Crippen LogP contribution in [0, 0.1) is 0 Å². The standard InChI is InChI=1S/C21H23N3O4S/c1-12-18(20(25)23-13-6-5-7-14(10-13)26-2)19(24-21(29)22-12)16-11-15(27-3)8-9-17(16)28-4/h5-11,19H,1-4H3,(H,23,25)(H2,22,24,29). The van der Waals surface area contributed by atoms with Crippen LogP contribution >= 0.6 is 12.2 Å². The Bertz CT molecular complexity index is 974. The van der Waals surface area contributed by atoms with Gasteiger partial charge in [0.15, 0.2) is 5.11 Å². The van der Waals surface area contributed by atoms with Crippen molar-refractivity contribution in [1.82, 2.24) is 10.6 Å². The van der Waals surface area contributed by atoms with E-state index < -0.39 is 6.04 Å². The number of rotatable bonds is 6. The van der Waals surface area contributed by atoms with Crippen molar-refractivity contribution >= 4 is 28.9 Å². The molecule has 152 valence electrons. The van der Waals surface area contributed by atoms with E-state index in [1.54, 1.807) is 45.6 Å². The summed E-state index contributed by atoms with van der Waals surface area (Å²) in [5, 5.41) is 9.55. The lowest BCUT2D eigenvalue weighted by Crippen LogP contribution is -2.45. The second kappa shape index (κ2) is 8.83. The van der Waals surface area contributed by atoms with Crippen molar-refractivity contribution in [1.29, 1.82) is 0 Å². The van der Waals surface area contributed by atoms with Crippen LogP contribution in [0.5, 0.6) is 17.2 Å². The lowest BCUT2D eigenvalue weighted by atomic mass is 9.94. The lowest BCUT2D eigenvalue weighted by Gasteiger charge is -2.31. The number of hydrogen-bond acceptors (Lipinski definition) is 5. The number of benzene rings is 2. The van der Waals surface area contributed by atoms with Crippen molar-refractivity contribution in [3.05, 3.63) is 59.3 Å². The number of carbonyl (C=O) groups is 1. The van der Waals surface area contributed by atoms with Crippen LogP contribution in [0.25, 0.3) is 0 Å². The zero-order valence-electron chi connectivity index (χ0n) is 16.7. The van der Waals surface area contributed by atoms with Gasteiger partial charge < -0.3 is 30.2 Å². The van der Waals surface area contributed by atoms with E-state index in [2.05, 4.69) is 16.0 Å². The van der Waals surface area contributed by atoms with E-state index in [0.29, 0.717) is 39.3 Å². The van der Waals surface area contributed by atoms with Crippen LogP contribution in [0.15, 0.2) is 53.7 Å². The molecule has 7 nitrogen and oxygen atoms in total. The van der Waals surface area contributed by atoms with E-state index in [4.69, 9.17) is 26.4 Å². The van der Waals surface area contributed by atoms with Crippen LogP contribution < -0.4 is 30.2 Å². The largest absolute Gasteiger partial charge is 0.497 e. The van der Waals surface area contributed by atoms with Crippen LogP contribution in [0.2, 0.25) is 0 Å². The van der Waals surface area contributed by atoms with Gasteiger partial charge in [-0.25, -0.2) is 0 Å². The van der Waals surface area contributed by atoms with Gasteiger partial charge in [0.25, 0.3) is 5.91 Å². The third-order valence-electron chi connectivity index (χ3n) is 4.59. The fraction of sp³-hybridized carbons (Fsp3) is 0.238. The Morgan fingerprint density at radius 2 is 1.76 bits per heavy atom. The van der Waals surface area contributed by atoms with Gasteiger partial charge in [-0.1, -0.05) is 6.07 Å². The van der Waals surface area contributed by atoms with E-state index in [1.165, 1.54) is 0 Å². The van der Waals surface area contributed by atoms with E-state index in [-0.39, 0.29) is 5.91 Å². The normalized spacial score (nSPS) is 15.9. The van der Waals surface area contributed by atoms with Gasteiger partial charge in [0.1, 0.15) is 17.2 Å². The molecule has 1 atom stereocenters. The Kier molecular flexibility index (Phi) is 6.23. The maximum atomic E-state index is 13.2. The molecule has 2 aromatic carbocycles. The molecule has 1 amide bonds. The van der Waals surface area contributed by atoms with E-state index >= 15 is 0 Å². The Hall–Kier alpha value is -3.26. The zero-order valence-corrected chi connectivity index (χ0v) is 17.5. The number of hydrogen-bond donors (Lipinski definition) is 3. The van der Waals surface area contributed by atoms with Crippen molar-refractivity contribution in [2.75, 3.05) is 26.6 Å². The summed E-state index contributed by atoms with van der Waals surface area (Å²) in [4.78, 5) is 13.2. The fourth-order valence-electron chi connectivity index (χ4n) is 3.19. The first kappa shape index (κ1) is 20.5. The van der Waals surface area contributed by atoms with Crippen molar-refractivity contribution in [3.63, 3.8) is 0 Å². The number of thiocarbonyl (C=S) groups is 1. The Balaban J connectivity index is 2.01. The molecule has 0 saturated heterocycles. The molecule has 1 unspecified atom stereocenters. The maximum absolute atomic E-state index is 13.2. The molecule has 3 rings (SSSR count). The van der Waals surface area contributed by atoms with Crippen molar-refractivity contribution in [3.8, 4) is 17.2 Å². The zero-order chi connectivity index (χ0) is 21.0. The molecular formula is C21H23N3O4S. The van der Waals surface area contributed by atoms with Crippen LogP contribution in [0.3, 0.4) is 0 Å². The average Bonchev–Trinajstić information content (AvgIpc) is 2.72. The van der Waals surface area contributed by atoms with Gasteiger partial charge in [-0.15, -0.1) is 0 Å². The van der Waals surface area contributed by atoms with E-state index in [1.807, 2.05) is 25.1 Å². The minimum Gasteiger partial charge on any atom is -0.497 e. The molecule has 0 spiro atoms. The lowest BCUT2D eigenvalue weighted by molar-refractivity contribution is -0.113. The van der Waals surface area contributed by atoms with E-state index in [0.717, 1.165) is 5.56 Å². The quantitative estimate of drug-likeness (QED) is 0.628. The second-order valence-corrected chi connectivity index (χ2v) is 6.77. The molecule has 29 heavy (non-hydrogen) atoms. The van der Waals surface area contributed by atoms with Gasteiger partial charge in [0, 0.05) is 23.0 Å². The van der Waals surface area contributed by atoms with Crippen LogP contribution in [0.4, 0.5) is 5.69 Å². The summed E-state index contributed by atoms with van der Waals surface area (Å²) >= 11 is 5.33. The third kappa shape index (κ3) is 4.43. The first-order chi connectivity index (χ1) is 14.0. The van der Waals surface area contributed by atoms with Gasteiger partial charge in [0.05, 0.1) is 32.9 Å². The third-order valence-corrected chi connectivity index (χ3v) is 4.81. The second-order valence-electron chi connectivity index (χ2n) is 6.36. The first-order valence-corrected chi connectivity index (χ1v) is 9.33. The number of methoxy groups -OCH3 is 3. The van der Waals surface area contributed by atoms with E-state index in [9.17, 15) is 4.79 Å². The molecule has 0 bridgehead atoms. The SMILES string of the molecule is COc1cccc(NC(=O)C2=C(C)NC(=S)NC2c2cc(OC)ccc2OC)c1. The number of nitrogens with one attached hydrogen (secondary N) is 3. The smallest absolute Gasteiger partial charge is 0.255 e. The molecule has 1 heterocycles. The summed E-state index contributed by atoms with van der Waals surface area (Å²) in [5.41, 5.74) is 2.52. The Morgan fingerprint density at radius 3 is 2.45 bits per heavy atom. The molecule has 0 aromatic heterocycles. The minimum atomic E-state index is -0.514. The first-order valence-electron chi connectivity index (χ1n) is 8.92. The summed E-state index contributed by atoms with van der Waals surface area (Å²) in [6.07, 6.45) is 0. The molecule has 1 aliphatic heterocycles. The molecular weight excluding hydrogens is 390 g/mol. The number of amides is 1. The molecule has 2 aromatic rings. The van der Waals surface area contributed by atoms with Gasteiger partial charge in [-0.05, 0) is 49.5 Å². The van der Waals surface area contributed by atoms with Crippen molar-refractivity contribution in [2.24, 2.45) is 0 Å². The average molecular weight is 413 g/mol. The number of allylic oxidation sites excluding steroid dienone is 1. The number of anilines is 1. The van der Waals surface area contributed by atoms with Crippen LogP contribution in [-0.4, -0.2) is 32.3 Å². The van der Waals surface area contributed by atoms with Crippen molar-refractivity contribution < 1.29 is 19.0 Å². The fourth-order valence-corrected chi connectivity index (χ4v) is 3.46.